The fourth-order valence-electron chi connectivity index (χ4n) is 3.36. The molecule has 32 heavy (non-hydrogen) atoms. The van der Waals surface area contributed by atoms with Crippen molar-refractivity contribution in [3.63, 3.8) is 0 Å². The molecule has 156 valence electrons. The predicted molar refractivity (Wildman–Crippen MR) is 130 cm³/mol. The molecule has 0 spiro atoms. The van der Waals surface area contributed by atoms with Crippen LogP contribution in [0.15, 0.2) is 100 Å². The molecule has 2 aromatic heterocycles. The second-order valence-corrected chi connectivity index (χ2v) is 7.96. The summed E-state index contributed by atoms with van der Waals surface area (Å²) in [5.74, 6) is 1.79. The summed E-state index contributed by atoms with van der Waals surface area (Å²) >= 11 is 3.44. The summed E-state index contributed by atoms with van der Waals surface area (Å²) in [5, 5.41) is 3.58. The van der Waals surface area contributed by atoms with E-state index >= 15 is 0 Å². The van der Waals surface area contributed by atoms with E-state index in [1.54, 1.807) is 6.20 Å². The average molecular weight is 485 g/mol. The third kappa shape index (κ3) is 4.24. The van der Waals surface area contributed by atoms with Gasteiger partial charge in [-0.25, -0.2) is 4.98 Å². The van der Waals surface area contributed by atoms with Crippen molar-refractivity contribution < 1.29 is 4.74 Å². The Bertz CT molecular complexity index is 1430. The molecule has 2 heterocycles. The number of para-hydroxylation sites is 1. The van der Waals surface area contributed by atoms with Gasteiger partial charge in [0.15, 0.2) is 5.65 Å². The summed E-state index contributed by atoms with van der Waals surface area (Å²) < 4.78 is 6.78. The zero-order valence-electron chi connectivity index (χ0n) is 16.7. The van der Waals surface area contributed by atoms with Crippen molar-refractivity contribution in [2.45, 2.75) is 0 Å². The Morgan fingerprint density at radius 1 is 0.844 bits per heavy atom. The summed E-state index contributed by atoms with van der Waals surface area (Å²) in [4.78, 5) is 24.5. The number of fused-ring (bicyclic) bond motifs is 1. The van der Waals surface area contributed by atoms with Gasteiger partial charge in [0.2, 0.25) is 5.95 Å². The Morgan fingerprint density at radius 3 is 2.31 bits per heavy atom. The van der Waals surface area contributed by atoms with Gasteiger partial charge in [0.25, 0.3) is 5.56 Å². The van der Waals surface area contributed by atoms with Gasteiger partial charge in [-0.1, -0.05) is 46.3 Å². The molecular formula is C25H17BrN4O2. The summed E-state index contributed by atoms with van der Waals surface area (Å²) in [5.41, 5.74) is 2.58. The van der Waals surface area contributed by atoms with Crippen LogP contribution < -0.4 is 15.6 Å². The van der Waals surface area contributed by atoms with Crippen molar-refractivity contribution in [2.75, 3.05) is 5.32 Å². The first-order chi connectivity index (χ1) is 15.7. The van der Waals surface area contributed by atoms with Gasteiger partial charge in [0, 0.05) is 16.4 Å². The van der Waals surface area contributed by atoms with E-state index in [0.717, 1.165) is 27.0 Å². The number of pyridine rings is 1. The van der Waals surface area contributed by atoms with E-state index in [1.807, 2.05) is 84.9 Å². The highest BCUT2D eigenvalue weighted by Gasteiger charge is 2.12. The molecule has 0 unspecified atom stereocenters. The molecule has 0 atom stereocenters. The van der Waals surface area contributed by atoms with Gasteiger partial charge >= 0.3 is 0 Å². The zero-order valence-corrected chi connectivity index (χ0v) is 18.3. The molecule has 0 aliphatic rings. The molecule has 0 amide bonds. The van der Waals surface area contributed by atoms with Crippen LogP contribution in [0.25, 0.3) is 22.2 Å². The van der Waals surface area contributed by atoms with Gasteiger partial charge in [-0.2, -0.15) is 4.98 Å². The van der Waals surface area contributed by atoms with Gasteiger partial charge in [-0.15, -0.1) is 0 Å². The molecule has 0 saturated heterocycles. The number of nitrogens with one attached hydrogen (secondary N) is 2. The number of H-pyrrole nitrogens is 1. The molecule has 5 aromatic rings. The van der Waals surface area contributed by atoms with E-state index in [2.05, 4.69) is 36.2 Å². The Labute approximate surface area is 192 Å². The second kappa shape index (κ2) is 8.64. The number of aromatic amines is 1. The highest BCUT2D eigenvalue weighted by Crippen LogP contribution is 2.27. The fourth-order valence-corrected chi connectivity index (χ4v) is 3.62. The number of anilines is 2. The van der Waals surface area contributed by atoms with Crippen LogP contribution in [0.2, 0.25) is 0 Å². The maximum absolute atomic E-state index is 12.9. The molecule has 2 N–H and O–H groups in total. The number of benzene rings is 3. The number of hydrogen-bond acceptors (Lipinski definition) is 5. The molecule has 6 nitrogen and oxygen atoms in total. The number of rotatable bonds is 5. The van der Waals surface area contributed by atoms with Crippen molar-refractivity contribution in [3.05, 3.63) is 106 Å². The van der Waals surface area contributed by atoms with Crippen molar-refractivity contribution in [1.29, 1.82) is 0 Å². The minimum atomic E-state index is -0.257. The highest BCUT2D eigenvalue weighted by atomic mass is 79.9. The van der Waals surface area contributed by atoms with E-state index < -0.39 is 0 Å². The highest BCUT2D eigenvalue weighted by molar-refractivity contribution is 9.10. The number of halogens is 1. The normalized spacial score (nSPS) is 10.8. The van der Waals surface area contributed by atoms with Gasteiger partial charge in [0.1, 0.15) is 11.5 Å². The third-order valence-electron chi connectivity index (χ3n) is 4.86. The van der Waals surface area contributed by atoms with Crippen LogP contribution >= 0.6 is 15.9 Å². The van der Waals surface area contributed by atoms with Crippen LogP contribution in [-0.4, -0.2) is 15.0 Å². The summed E-state index contributed by atoms with van der Waals surface area (Å²) in [6, 6.07) is 26.6. The number of nitrogens with zero attached hydrogens (tertiary/aromatic N) is 2. The van der Waals surface area contributed by atoms with Crippen molar-refractivity contribution in [1.82, 2.24) is 15.0 Å². The largest absolute Gasteiger partial charge is 0.457 e. The second-order valence-electron chi connectivity index (χ2n) is 7.04. The molecule has 7 heteroatoms. The van der Waals surface area contributed by atoms with Crippen LogP contribution in [0.1, 0.15) is 0 Å². The molecular weight excluding hydrogens is 468 g/mol. The van der Waals surface area contributed by atoms with Crippen molar-refractivity contribution >= 4 is 38.6 Å². The molecule has 0 radical (unpaired) electrons. The first-order valence-electron chi connectivity index (χ1n) is 9.91. The van der Waals surface area contributed by atoms with Crippen LogP contribution in [-0.2, 0) is 0 Å². The lowest BCUT2D eigenvalue weighted by Gasteiger charge is -2.10. The van der Waals surface area contributed by atoms with Gasteiger partial charge in [-0.05, 0) is 65.7 Å². The summed E-state index contributed by atoms with van der Waals surface area (Å²) in [6.45, 7) is 0. The van der Waals surface area contributed by atoms with E-state index in [-0.39, 0.29) is 5.56 Å². The summed E-state index contributed by atoms with van der Waals surface area (Å²) in [6.07, 6.45) is 1.66. The van der Waals surface area contributed by atoms with E-state index in [9.17, 15) is 4.79 Å². The number of hydrogen-bond donors (Lipinski definition) is 2. The van der Waals surface area contributed by atoms with Gasteiger partial charge in [0.05, 0.1) is 5.39 Å². The minimum absolute atomic E-state index is 0.257. The van der Waals surface area contributed by atoms with Crippen molar-refractivity contribution in [3.8, 4) is 22.6 Å². The zero-order chi connectivity index (χ0) is 21.9. The lowest BCUT2D eigenvalue weighted by Crippen LogP contribution is -2.13. The molecule has 5 rings (SSSR count). The van der Waals surface area contributed by atoms with Crippen LogP contribution in [0.3, 0.4) is 0 Å². The minimum Gasteiger partial charge on any atom is -0.457 e. The third-order valence-corrected chi connectivity index (χ3v) is 5.39. The lowest BCUT2D eigenvalue weighted by atomic mass is 10.0. The average Bonchev–Trinajstić information content (AvgIpc) is 2.81. The summed E-state index contributed by atoms with van der Waals surface area (Å²) in [7, 11) is 0. The Morgan fingerprint density at radius 2 is 1.56 bits per heavy atom. The lowest BCUT2D eigenvalue weighted by molar-refractivity contribution is 0.483. The Balaban J connectivity index is 1.42. The molecule has 0 saturated carbocycles. The first kappa shape index (κ1) is 20.0. The van der Waals surface area contributed by atoms with Crippen LogP contribution in [0, 0.1) is 0 Å². The molecule has 0 bridgehead atoms. The number of aromatic nitrogens is 3. The monoisotopic (exact) mass is 484 g/mol. The topological polar surface area (TPSA) is 79.9 Å². The van der Waals surface area contributed by atoms with Crippen LogP contribution in [0.5, 0.6) is 11.5 Å². The van der Waals surface area contributed by atoms with E-state index in [4.69, 9.17) is 4.74 Å². The smallest absolute Gasteiger partial charge is 0.262 e. The van der Waals surface area contributed by atoms with Gasteiger partial charge in [-0.3, -0.25) is 9.78 Å². The Hall–Kier alpha value is -3.97. The fraction of sp³-hybridized carbons (Fsp3) is 0. The van der Waals surface area contributed by atoms with Gasteiger partial charge < -0.3 is 10.1 Å². The maximum atomic E-state index is 12.9. The maximum Gasteiger partial charge on any atom is 0.262 e. The Kier molecular flexibility index (Phi) is 5.39. The molecule has 0 aliphatic heterocycles. The first-order valence-corrected chi connectivity index (χ1v) is 10.7. The molecule has 3 aromatic carbocycles. The standard InChI is InChI=1S/C25H17BrN4O2/c26-17-8-6-16(7-9-17)21-14-15-27-23-22(21)24(31)30-25(29-23)28-18-10-12-20(13-11-18)32-19-4-2-1-3-5-19/h1-15H,(H2,27,28,29,30,31). The quantitative estimate of drug-likeness (QED) is 0.306. The molecule has 0 fully saturated rings. The van der Waals surface area contributed by atoms with Crippen LogP contribution in [0.4, 0.5) is 11.6 Å². The predicted octanol–water partition coefficient (Wildman–Crippen LogP) is 6.28. The number of ether oxygens (including phenoxy) is 1. The SMILES string of the molecule is O=c1[nH]c(Nc2ccc(Oc3ccccc3)cc2)nc2nccc(-c3ccc(Br)cc3)c12. The van der Waals surface area contributed by atoms with E-state index in [0.29, 0.717) is 22.7 Å². The van der Waals surface area contributed by atoms with Crippen molar-refractivity contribution in [2.24, 2.45) is 0 Å². The van der Waals surface area contributed by atoms with E-state index in [1.165, 1.54) is 0 Å². The molecule has 0 aliphatic carbocycles.